The van der Waals surface area contributed by atoms with Gasteiger partial charge in [0.15, 0.2) is 0 Å². The summed E-state index contributed by atoms with van der Waals surface area (Å²) in [4.78, 5) is 0. The summed E-state index contributed by atoms with van der Waals surface area (Å²) in [6, 6.07) is 8.54. The van der Waals surface area contributed by atoms with Gasteiger partial charge >= 0.3 is 0 Å². The molecular formula is C13H17NO5S. The average Bonchev–Trinajstić information content (AvgIpc) is 2.95. The molecule has 2 heterocycles. The topological polar surface area (TPSA) is 84.9 Å². The second-order valence-electron chi connectivity index (χ2n) is 5.13. The smallest absolute Gasteiger partial charge is 0.216 e. The molecule has 1 aromatic carbocycles. The molecule has 1 aromatic rings. The van der Waals surface area contributed by atoms with E-state index >= 15 is 0 Å². The van der Waals surface area contributed by atoms with Gasteiger partial charge in [-0.25, -0.2) is 13.1 Å². The third-order valence-electron chi connectivity index (χ3n) is 3.56. The molecule has 4 atom stereocenters. The van der Waals surface area contributed by atoms with Crippen LogP contribution in [0.25, 0.3) is 0 Å². The van der Waals surface area contributed by atoms with Crippen molar-refractivity contribution in [3.8, 4) is 0 Å². The van der Waals surface area contributed by atoms with E-state index in [2.05, 4.69) is 4.72 Å². The molecule has 0 radical (unpaired) electrons. The molecule has 2 aliphatic rings. The molecule has 0 unspecified atom stereocenters. The first-order valence-electron chi connectivity index (χ1n) is 6.50. The first kappa shape index (κ1) is 14.0. The number of rotatable bonds is 4. The van der Waals surface area contributed by atoms with E-state index in [4.69, 9.17) is 9.47 Å². The van der Waals surface area contributed by atoms with Gasteiger partial charge in [0.2, 0.25) is 10.0 Å². The zero-order valence-electron chi connectivity index (χ0n) is 10.8. The number of aliphatic hydroxyl groups excluding tert-OH is 1. The van der Waals surface area contributed by atoms with Crippen LogP contribution in [0.5, 0.6) is 0 Å². The third kappa shape index (κ3) is 2.87. The van der Waals surface area contributed by atoms with Crippen LogP contribution in [-0.4, -0.2) is 51.1 Å². The van der Waals surface area contributed by atoms with Gasteiger partial charge in [-0.3, -0.25) is 0 Å². The van der Waals surface area contributed by atoms with Gasteiger partial charge in [-0.2, -0.15) is 0 Å². The largest absolute Gasteiger partial charge is 0.388 e. The van der Waals surface area contributed by atoms with Crippen molar-refractivity contribution < 1.29 is 23.0 Å². The normalized spacial score (nSPS) is 33.2. The highest BCUT2D eigenvalue weighted by molar-refractivity contribution is 7.88. The van der Waals surface area contributed by atoms with Crippen LogP contribution in [0.15, 0.2) is 30.3 Å². The number of aliphatic hydroxyl groups is 1. The lowest BCUT2D eigenvalue weighted by atomic mass is 10.1. The van der Waals surface area contributed by atoms with Gasteiger partial charge in [-0.05, 0) is 5.56 Å². The molecule has 0 aromatic heterocycles. The van der Waals surface area contributed by atoms with E-state index in [1.165, 1.54) is 0 Å². The van der Waals surface area contributed by atoms with E-state index in [0.717, 1.165) is 5.56 Å². The highest BCUT2D eigenvalue weighted by Gasteiger charge is 2.48. The molecule has 0 amide bonds. The molecule has 0 spiro atoms. The summed E-state index contributed by atoms with van der Waals surface area (Å²) < 4.78 is 37.7. The van der Waals surface area contributed by atoms with Crippen molar-refractivity contribution in [3.05, 3.63) is 35.9 Å². The summed E-state index contributed by atoms with van der Waals surface area (Å²) in [5.41, 5.74) is 0.725. The highest BCUT2D eigenvalue weighted by Crippen LogP contribution is 2.27. The van der Waals surface area contributed by atoms with Gasteiger partial charge in [-0.15, -0.1) is 0 Å². The Morgan fingerprint density at radius 1 is 1.15 bits per heavy atom. The highest BCUT2D eigenvalue weighted by atomic mass is 32.2. The molecule has 0 aliphatic carbocycles. The minimum Gasteiger partial charge on any atom is -0.388 e. The summed E-state index contributed by atoms with van der Waals surface area (Å²) in [5.74, 6) is -0.0791. The van der Waals surface area contributed by atoms with Crippen molar-refractivity contribution in [2.45, 2.75) is 30.1 Å². The van der Waals surface area contributed by atoms with Crippen LogP contribution in [-0.2, 0) is 25.2 Å². The van der Waals surface area contributed by atoms with E-state index in [9.17, 15) is 13.5 Å². The first-order valence-corrected chi connectivity index (χ1v) is 8.15. The van der Waals surface area contributed by atoms with Crippen molar-refractivity contribution in [2.75, 3.05) is 13.2 Å². The molecule has 6 nitrogen and oxygen atoms in total. The van der Waals surface area contributed by atoms with Crippen molar-refractivity contribution in [2.24, 2.45) is 0 Å². The molecule has 0 saturated carbocycles. The molecule has 0 bridgehead atoms. The molecule has 20 heavy (non-hydrogen) atoms. The van der Waals surface area contributed by atoms with Gasteiger partial charge in [0.1, 0.15) is 18.3 Å². The fraction of sp³-hybridized carbons (Fsp3) is 0.538. The molecule has 2 aliphatic heterocycles. The Balaban J connectivity index is 1.65. The molecule has 110 valence electrons. The second-order valence-corrected chi connectivity index (χ2v) is 6.89. The number of hydrogen-bond acceptors (Lipinski definition) is 5. The Kier molecular flexibility index (Phi) is 3.78. The van der Waals surface area contributed by atoms with Crippen molar-refractivity contribution in [1.29, 1.82) is 0 Å². The Bertz CT molecular complexity index is 561. The van der Waals surface area contributed by atoms with E-state index in [1.807, 2.05) is 6.07 Å². The summed E-state index contributed by atoms with van der Waals surface area (Å²) in [7, 11) is -3.47. The van der Waals surface area contributed by atoms with Gasteiger partial charge in [0.05, 0.1) is 25.0 Å². The lowest BCUT2D eigenvalue weighted by Crippen LogP contribution is -2.44. The lowest BCUT2D eigenvalue weighted by Gasteiger charge is -2.17. The van der Waals surface area contributed by atoms with Gasteiger partial charge in [-0.1, -0.05) is 30.3 Å². The van der Waals surface area contributed by atoms with E-state index < -0.39 is 34.4 Å². The summed E-state index contributed by atoms with van der Waals surface area (Å²) in [6.07, 6.45) is -1.52. The summed E-state index contributed by atoms with van der Waals surface area (Å²) >= 11 is 0. The Labute approximate surface area is 117 Å². The molecule has 7 heteroatoms. The monoisotopic (exact) mass is 299 g/mol. The van der Waals surface area contributed by atoms with Gasteiger partial charge in [0.25, 0.3) is 0 Å². The van der Waals surface area contributed by atoms with Crippen LogP contribution < -0.4 is 4.72 Å². The first-order chi connectivity index (χ1) is 9.55. The minimum atomic E-state index is -3.47. The van der Waals surface area contributed by atoms with E-state index in [1.54, 1.807) is 24.3 Å². The number of hydrogen-bond donors (Lipinski definition) is 2. The third-order valence-corrected chi connectivity index (χ3v) is 4.93. The van der Waals surface area contributed by atoms with Crippen LogP contribution in [0.4, 0.5) is 0 Å². The van der Waals surface area contributed by atoms with Crippen LogP contribution in [0.2, 0.25) is 0 Å². The zero-order chi connectivity index (χ0) is 14.2. The maximum atomic E-state index is 12.1. The molecular weight excluding hydrogens is 282 g/mol. The zero-order valence-corrected chi connectivity index (χ0v) is 11.6. The van der Waals surface area contributed by atoms with Gasteiger partial charge < -0.3 is 14.6 Å². The number of ether oxygens (including phenoxy) is 2. The fourth-order valence-electron chi connectivity index (χ4n) is 2.65. The van der Waals surface area contributed by atoms with E-state index in [0.29, 0.717) is 0 Å². The molecule has 2 N–H and O–H groups in total. The predicted molar refractivity (Wildman–Crippen MR) is 71.5 cm³/mol. The number of fused-ring (bicyclic) bond motifs is 1. The lowest BCUT2D eigenvalue weighted by molar-refractivity contribution is 0.0181. The van der Waals surface area contributed by atoms with Crippen LogP contribution in [0, 0.1) is 0 Å². The average molecular weight is 299 g/mol. The van der Waals surface area contributed by atoms with E-state index in [-0.39, 0.29) is 19.0 Å². The maximum Gasteiger partial charge on any atom is 0.216 e. The summed E-state index contributed by atoms with van der Waals surface area (Å²) in [6.45, 7) is 0.409. The Hall–Kier alpha value is -0.990. The SMILES string of the molecule is O=S(=O)(Cc1ccccc1)N[C@@H]1CO[C@@H]2[C@@H]1OC[C@H]2O. The van der Waals surface area contributed by atoms with Gasteiger partial charge in [0, 0.05) is 0 Å². The maximum absolute atomic E-state index is 12.1. The standard InChI is InChI=1S/C13H17NO5S/c15-11-7-19-12-10(6-18-13(11)12)14-20(16,17)8-9-4-2-1-3-5-9/h1-5,10-15H,6-8H2/t10-,11-,12-,13+/m1/s1. The van der Waals surface area contributed by atoms with Crippen LogP contribution >= 0.6 is 0 Å². The van der Waals surface area contributed by atoms with Crippen molar-refractivity contribution in [1.82, 2.24) is 4.72 Å². The van der Waals surface area contributed by atoms with Crippen molar-refractivity contribution in [3.63, 3.8) is 0 Å². The van der Waals surface area contributed by atoms with Crippen LogP contribution in [0.3, 0.4) is 0 Å². The quantitative estimate of drug-likeness (QED) is 0.792. The number of benzene rings is 1. The Morgan fingerprint density at radius 2 is 1.85 bits per heavy atom. The predicted octanol–water partition coefficient (Wildman–Crippen LogP) is -0.367. The number of nitrogens with one attached hydrogen (secondary N) is 1. The van der Waals surface area contributed by atoms with Crippen molar-refractivity contribution >= 4 is 10.0 Å². The molecule has 2 saturated heterocycles. The van der Waals surface area contributed by atoms with Crippen LogP contribution in [0.1, 0.15) is 5.56 Å². The molecule has 2 fully saturated rings. The minimum absolute atomic E-state index is 0.0791. The Morgan fingerprint density at radius 3 is 2.60 bits per heavy atom. The molecule has 3 rings (SSSR count). The second kappa shape index (κ2) is 5.42. The summed E-state index contributed by atoms with van der Waals surface area (Å²) in [5, 5.41) is 9.62. The number of sulfonamides is 1. The fourth-order valence-corrected chi connectivity index (χ4v) is 4.02.